The Hall–Kier alpha value is 0.290. The minimum absolute atomic E-state index is 0.122. The van der Waals surface area contributed by atoms with Gasteiger partial charge in [0.05, 0.1) is 5.02 Å². The SMILES string of the molecule is Oc1cc(Cl)cc(Cl)c1CNI. The second-order valence-corrected chi connectivity index (χ2v) is 3.80. The summed E-state index contributed by atoms with van der Waals surface area (Å²) in [4.78, 5) is 0. The van der Waals surface area contributed by atoms with E-state index in [0.717, 1.165) is 0 Å². The van der Waals surface area contributed by atoms with Gasteiger partial charge < -0.3 is 5.11 Å². The molecular weight excluding hydrogens is 312 g/mol. The molecule has 1 aromatic rings. The van der Waals surface area contributed by atoms with Crippen molar-refractivity contribution >= 4 is 46.1 Å². The molecule has 0 aliphatic rings. The first kappa shape index (κ1) is 10.4. The van der Waals surface area contributed by atoms with Gasteiger partial charge in [-0.15, -0.1) is 0 Å². The van der Waals surface area contributed by atoms with Crippen LogP contribution in [0.1, 0.15) is 5.56 Å². The first-order chi connectivity index (χ1) is 5.65. The monoisotopic (exact) mass is 317 g/mol. The Morgan fingerprint density at radius 2 is 2.08 bits per heavy atom. The van der Waals surface area contributed by atoms with Gasteiger partial charge in [-0.25, -0.2) is 0 Å². The largest absolute Gasteiger partial charge is 0.508 e. The summed E-state index contributed by atoms with van der Waals surface area (Å²) in [6.07, 6.45) is 0. The zero-order chi connectivity index (χ0) is 9.14. The van der Waals surface area contributed by atoms with E-state index in [2.05, 4.69) is 3.53 Å². The van der Waals surface area contributed by atoms with Gasteiger partial charge in [-0.3, -0.25) is 3.53 Å². The number of rotatable bonds is 2. The summed E-state index contributed by atoms with van der Waals surface area (Å²) in [5.74, 6) is 0.122. The lowest BCUT2D eigenvalue weighted by Gasteiger charge is -2.05. The molecule has 2 nitrogen and oxygen atoms in total. The fourth-order valence-electron chi connectivity index (χ4n) is 0.832. The van der Waals surface area contributed by atoms with E-state index in [1.54, 1.807) is 6.07 Å². The quantitative estimate of drug-likeness (QED) is 0.649. The van der Waals surface area contributed by atoms with Crippen LogP contribution in [0.15, 0.2) is 12.1 Å². The van der Waals surface area contributed by atoms with E-state index in [1.807, 2.05) is 22.9 Å². The highest BCUT2D eigenvalue weighted by Crippen LogP contribution is 2.29. The third-order valence-electron chi connectivity index (χ3n) is 1.38. The second-order valence-electron chi connectivity index (χ2n) is 2.20. The summed E-state index contributed by atoms with van der Waals surface area (Å²) in [5, 5.41) is 10.3. The zero-order valence-corrected chi connectivity index (χ0v) is 9.61. The predicted molar refractivity (Wildman–Crippen MR) is 59.0 cm³/mol. The van der Waals surface area contributed by atoms with Gasteiger partial charge in [0.15, 0.2) is 0 Å². The maximum absolute atomic E-state index is 9.39. The van der Waals surface area contributed by atoms with Crippen molar-refractivity contribution < 1.29 is 5.11 Å². The van der Waals surface area contributed by atoms with Crippen LogP contribution in [-0.2, 0) is 6.54 Å². The number of hydrogen-bond acceptors (Lipinski definition) is 2. The molecule has 0 aromatic heterocycles. The van der Waals surface area contributed by atoms with Gasteiger partial charge in [-0.2, -0.15) is 0 Å². The maximum Gasteiger partial charge on any atom is 0.123 e. The van der Waals surface area contributed by atoms with Crippen LogP contribution < -0.4 is 3.53 Å². The van der Waals surface area contributed by atoms with Crippen molar-refractivity contribution in [1.29, 1.82) is 0 Å². The molecule has 0 heterocycles. The van der Waals surface area contributed by atoms with Crippen molar-refractivity contribution in [3.05, 3.63) is 27.7 Å². The zero-order valence-electron chi connectivity index (χ0n) is 5.94. The number of aromatic hydroxyl groups is 1. The molecule has 0 aliphatic carbocycles. The Bertz CT molecular complexity index is 270. The highest BCUT2D eigenvalue weighted by molar-refractivity contribution is 14.1. The van der Waals surface area contributed by atoms with Crippen molar-refractivity contribution in [2.45, 2.75) is 6.54 Å². The van der Waals surface area contributed by atoms with Crippen molar-refractivity contribution in [2.24, 2.45) is 0 Å². The molecule has 0 unspecified atom stereocenters. The highest BCUT2D eigenvalue weighted by Gasteiger charge is 2.06. The first-order valence-electron chi connectivity index (χ1n) is 3.15. The lowest BCUT2D eigenvalue weighted by atomic mass is 10.2. The lowest BCUT2D eigenvalue weighted by molar-refractivity contribution is 0.468. The number of hydrogen-bond donors (Lipinski definition) is 2. The smallest absolute Gasteiger partial charge is 0.123 e. The first-order valence-corrected chi connectivity index (χ1v) is 4.99. The maximum atomic E-state index is 9.39. The molecule has 1 aromatic carbocycles. The van der Waals surface area contributed by atoms with Gasteiger partial charge >= 0.3 is 0 Å². The molecule has 12 heavy (non-hydrogen) atoms. The Balaban J connectivity index is 3.10. The lowest BCUT2D eigenvalue weighted by Crippen LogP contribution is -1.98. The summed E-state index contributed by atoms with van der Waals surface area (Å²) in [7, 11) is 0. The summed E-state index contributed by atoms with van der Waals surface area (Å²) >= 11 is 13.5. The molecule has 0 amide bonds. The van der Waals surface area contributed by atoms with Gasteiger partial charge in [0.1, 0.15) is 5.75 Å². The van der Waals surface area contributed by atoms with Crippen LogP contribution in [0.25, 0.3) is 0 Å². The van der Waals surface area contributed by atoms with E-state index in [4.69, 9.17) is 23.2 Å². The van der Waals surface area contributed by atoms with Crippen molar-refractivity contribution in [1.82, 2.24) is 3.53 Å². The second kappa shape index (κ2) is 4.50. The Kier molecular flexibility index (Phi) is 3.89. The van der Waals surface area contributed by atoms with E-state index in [-0.39, 0.29) is 5.75 Å². The Morgan fingerprint density at radius 1 is 1.42 bits per heavy atom. The minimum Gasteiger partial charge on any atom is -0.508 e. The van der Waals surface area contributed by atoms with Crippen LogP contribution in [0.5, 0.6) is 5.75 Å². The van der Waals surface area contributed by atoms with Crippen LogP contribution in [0, 0.1) is 0 Å². The molecule has 66 valence electrons. The van der Waals surface area contributed by atoms with Crippen LogP contribution in [0.3, 0.4) is 0 Å². The molecule has 0 saturated heterocycles. The molecule has 0 aliphatic heterocycles. The van der Waals surface area contributed by atoms with Crippen LogP contribution >= 0.6 is 46.1 Å². The standard InChI is InChI=1S/C7H6Cl2INO/c8-4-1-6(9)5(3-11-10)7(12)2-4/h1-2,11-12H,3H2. The summed E-state index contributed by atoms with van der Waals surface area (Å²) in [6, 6.07) is 3.07. The fraction of sp³-hybridized carbons (Fsp3) is 0.143. The third kappa shape index (κ3) is 2.39. The predicted octanol–water partition coefficient (Wildman–Crippen LogP) is 3.14. The average molecular weight is 318 g/mol. The molecule has 0 radical (unpaired) electrons. The molecule has 0 fully saturated rings. The van der Waals surface area contributed by atoms with E-state index < -0.39 is 0 Å². The topological polar surface area (TPSA) is 32.3 Å². The molecule has 0 saturated carbocycles. The number of phenolic OH excluding ortho intramolecular Hbond substituents is 1. The number of nitrogens with one attached hydrogen (secondary N) is 1. The third-order valence-corrected chi connectivity index (χ3v) is 2.32. The van der Waals surface area contributed by atoms with Crippen LogP contribution in [0.2, 0.25) is 10.0 Å². The van der Waals surface area contributed by atoms with Gasteiger partial charge in [0.25, 0.3) is 0 Å². The van der Waals surface area contributed by atoms with Gasteiger partial charge in [-0.1, -0.05) is 23.2 Å². The number of halogens is 3. The highest BCUT2D eigenvalue weighted by atomic mass is 127. The Morgan fingerprint density at radius 3 is 2.58 bits per heavy atom. The molecular formula is C7H6Cl2INO. The summed E-state index contributed by atoms with van der Waals surface area (Å²) in [6.45, 7) is 0.516. The van der Waals surface area contributed by atoms with E-state index >= 15 is 0 Å². The number of benzene rings is 1. The fourth-order valence-corrected chi connectivity index (χ4v) is 1.76. The summed E-state index contributed by atoms with van der Waals surface area (Å²) < 4.78 is 2.87. The average Bonchev–Trinajstić information content (AvgIpc) is 1.96. The molecule has 0 spiro atoms. The molecule has 2 N–H and O–H groups in total. The Labute approximate surface area is 94.4 Å². The molecule has 0 bridgehead atoms. The van der Waals surface area contributed by atoms with Gasteiger partial charge in [0.2, 0.25) is 0 Å². The van der Waals surface area contributed by atoms with Gasteiger partial charge in [-0.05, 0) is 12.1 Å². The van der Waals surface area contributed by atoms with Crippen molar-refractivity contribution in [2.75, 3.05) is 0 Å². The van der Waals surface area contributed by atoms with Crippen molar-refractivity contribution in [3.63, 3.8) is 0 Å². The summed E-state index contributed by atoms with van der Waals surface area (Å²) in [5.41, 5.74) is 0.662. The minimum atomic E-state index is 0.122. The van der Waals surface area contributed by atoms with Crippen LogP contribution in [-0.4, -0.2) is 5.11 Å². The van der Waals surface area contributed by atoms with E-state index in [9.17, 15) is 5.11 Å². The van der Waals surface area contributed by atoms with E-state index in [1.165, 1.54) is 6.07 Å². The van der Waals surface area contributed by atoms with Gasteiger partial charge in [0, 0.05) is 40.0 Å². The molecule has 5 heteroatoms. The molecule has 1 rings (SSSR count). The van der Waals surface area contributed by atoms with Crippen molar-refractivity contribution in [3.8, 4) is 5.75 Å². The van der Waals surface area contributed by atoms with Crippen LogP contribution in [0.4, 0.5) is 0 Å². The number of phenols is 1. The normalized spacial score (nSPS) is 10.2. The molecule has 0 atom stereocenters. The van der Waals surface area contributed by atoms with E-state index in [0.29, 0.717) is 22.2 Å².